The molecule has 0 bridgehead atoms. The van der Waals surface area contributed by atoms with E-state index in [-0.39, 0.29) is 6.23 Å². The molecule has 1 N–H and O–H groups in total. The molecule has 0 unspecified atom stereocenters. The van der Waals surface area contributed by atoms with Crippen LogP contribution in [0.5, 0.6) is 5.75 Å². The molecule has 17 heavy (non-hydrogen) atoms. The van der Waals surface area contributed by atoms with Crippen LogP contribution in [0.2, 0.25) is 0 Å². The van der Waals surface area contributed by atoms with E-state index in [1.54, 1.807) is 12.1 Å². The van der Waals surface area contributed by atoms with Gasteiger partial charge in [0.1, 0.15) is 12.0 Å². The second-order valence-electron chi connectivity index (χ2n) is 4.99. The molecule has 0 spiro atoms. The van der Waals surface area contributed by atoms with Crippen LogP contribution in [0.1, 0.15) is 37.5 Å². The lowest BCUT2D eigenvalue weighted by Crippen LogP contribution is -2.47. The highest BCUT2D eigenvalue weighted by molar-refractivity contribution is 5.27. The number of rotatable bonds is 1. The van der Waals surface area contributed by atoms with Crippen LogP contribution < -0.4 is 0 Å². The summed E-state index contributed by atoms with van der Waals surface area (Å²) < 4.78 is 5.92. The maximum atomic E-state index is 9.33. The molecule has 2 aliphatic rings. The molecule has 2 atom stereocenters. The highest BCUT2D eigenvalue weighted by atomic mass is 16.5. The topological polar surface area (TPSA) is 32.7 Å². The molecule has 1 aromatic rings. The Bertz CT molecular complexity index is 374. The minimum atomic E-state index is 0.0923. The summed E-state index contributed by atoms with van der Waals surface area (Å²) in [5.41, 5.74) is 1.16. The fourth-order valence-electron chi connectivity index (χ4n) is 2.98. The van der Waals surface area contributed by atoms with Crippen LogP contribution in [0.15, 0.2) is 24.3 Å². The molecule has 2 aliphatic heterocycles. The van der Waals surface area contributed by atoms with Crippen molar-refractivity contribution in [2.24, 2.45) is 0 Å². The molecule has 92 valence electrons. The van der Waals surface area contributed by atoms with Crippen LogP contribution in [0.25, 0.3) is 0 Å². The van der Waals surface area contributed by atoms with Crippen molar-refractivity contribution in [1.29, 1.82) is 0 Å². The molecule has 3 heteroatoms. The molecule has 0 amide bonds. The van der Waals surface area contributed by atoms with E-state index >= 15 is 0 Å². The fraction of sp³-hybridized carbons (Fsp3) is 0.571. The molecule has 0 radical (unpaired) electrons. The Morgan fingerprint density at radius 1 is 1.12 bits per heavy atom. The van der Waals surface area contributed by atoms with Crippen LogP contribution in [0.4, 0.5) is 0 Å². The zero-order chi connectivity index (χ0) is 11.7. The summed E-state index contributed by atoms with van der Waals surface area (Å²) in [4.78, 5) is 2.49. The van der Waals surface area contributed by atoms with Gasteiger partial charge in [0.05, 0.1) is 6.61 Å². The summed E-state index contributed by atoms with van der Waals surface area (Å²) in [5.74, 6) is 0.319. The third kappa shape index (κ3) is 2.17. The molecule has 1 aromatic carbocycles. The van der Waals surface area contributed by atoms with Gasteiger partial charge in [-0.3, -0.25) is 4.90 Å². The van der Waals surface area contributed by atoms with Crippen molar-refractivity contribution < 1.29 is 9.84 Å². The number of phenolic OH excluding ortho intramolecular Hbond substituents is 1. The van der Waals surface area contributed by atoms with E-state index in [0.717, 1.165) is 25.1 Å². The van der Waals surface area contributed by atoms with Gasteiger partial charge in [-0.1, -0.05) is 18.6 Å². The molecule has 0 aliphatic carbocycles. The van der Waals surface area contributed by atoms with Crippen molar-refractivity contribution in [1.82, 2.24) is 4.90 Å². The number of nitrogens with zero attached hydrogens (tertiary/aromatic N) is 1. The van der Waals surface area contributed by atoms with E-state index < -0.39 is 0 Å². The van der Waals surface area contributed by atoms with Gasteiger partial charge >= 0.3 is 0 Å². The molecule has 2 saturated heterocycles. The molecule has 3 rings (SSSR count). The Kier molecular flexibility index (Phi) is 3.04. The maximum absolute atomic E-state index is 9.33. The molecule has 2 heterocycles. The fourth-order valence-corrected chi connectivity index (χ4v) is 2.98. The largest absolute Gasteiger partial charge is 0.508 e. The van der Waals surface area contributed by atoms with Crippen molar-refractivity contribution >= 4 is 0 Å². The van der Waals surface area contributed by atoms with Crippen LogP contribution in [0.3, 0.4) is 0 Å². The van der Waals surface area contributed by atoms with E-state index in [1.165, 1.54) is 19.3 Å². The number of ether oxygens (including phenoxy) is 1. The van der Waals surface area contributed by atoms with Gasteiger partial charge in [-0.05, 0) is 37.0 Å². The lowest BCUT2D eigenvalue weighted by molar-refractivity contribution is -0.136. The zero-order valence-corrected chi connectivity index (χ0v) is 10.0. The first kappa shape index (κ1) is 11.1. The first-order chi connectivity index (χ1) is 8.34. The summed E-state index contributed by atoms with van der Waals surface area (Å²) >= 11 is 0. The molecule has 0 aromatic heterocycles. The van der Waals surface area contributed by atoms with Crippen molar-refractivity contribution in [2.75, 3.05) is 13.2 Å². The van der Waals surface area contributed by atoms with E-state index in [4.69, 9.17) is 4.74 Å². The zero-order valence-electron chi connectivity index (χ0n) is 10.0. The second kappa shape index (κ2) is 4.67. The van der Waals surface area contributed by atoms with Crippen LogP contribution in [0, 0.1) is 0 Å². The third-order valence-electron chi connectivity index (χ3n) is 3.88. The van der Waals surface area contributed by atoms with Crippen molar-refractivity contribution in [3.63, 3.8) is 0 Å². The van der Waals surface area contributed by atoms with Gasteiger partial charge in [-0.15, -0.1) is 0 Å². The Morgan fingerprint density at radius 2 is 1.94 bits per heavy atom. The van der Waals surface area contributed by atoms with Crippen LogP contribution >= 0.6 is 0 Å². The van der Waals surface area contributed by atoms with Crippen molar-refractivity contribution in [3.05, 3.63) is 29.8 Å². The summed E-state index contributed by atoms with van der Waals surface area (Å²) in [6.45, 7) is 1.99. The minimum absolute atomic E-state index is 0.0923. The maximum Gasteiger partial charge on any atom is 0.137 e. The quantitative estimate of drug-likeness (QED) is 0.809. The predicted octanol–water partition coefficient (Wildman–Crippen LogP) is 2.67. The summed E-state index contributed by atoms with van der Waals surface area (Å²) in [6, 6.07) is 8.11. The van der Waals surface area contributed by atoms with E-state index in [9.17, 15) is 5.11 Å². The first-order valence-electron chi connectivity index (χ1n) is 6.51. The number of hydrogen-bond donors (Lipinski definition) is 1. The van der Waals surface area contributed by atoms with Gasteiger partial charge in [0, 0.05) is 12.6 Å². The monoisotopic (exact) mass is 233 g/mol. The van der Waals surface area contributed by atoms with Gasteiger partial charge < -0.3 is 9.84 Å². The van der Waals surface area contributed by atoms with Gasteiger partial charge in [0.2, 0.25) is 0 Å². The van der Waals surface area contributed by atoms with Gasteiger partial charge in [0.15, 0.2) is 0 Å². The average molecular weight is 233 g/mol. The summed E-state index contributed by atoms with van der Waals surface area (Å²) in [6.07, 6.45) is 5.18. The minimum Gasteiger partial charge on any atom is -0.508 e. The molecule has 3 nitrogen and oxygen atoms in total. The lowest BCUT2D eigenvalue weighted by Gasteiger charge is -2.44. The Balaban J connectivity index is 1.83. The standard InChI is InChI=1S/C14H19NO2/c16-13-6-4-11(5-7-13)14-15-9-2-1-3-12(15)8-10-17-14/h4-7,12,14,16H,1-3,8-10H2/t12-,14-/m0/s1. The average Bonchev–Trinajstić information content (AvgIpc) is 2.39. The number of hydrogen-bond acceptors (Lipinski definition) is 3. The van der Waals surface area contributed by atoms with E-state index in [0.29, 0.717) is 11.8 Å². The Morgan fingerprint density at radius 3 is 2.76 bits per heavy atom. The van der Waals surface area contributed by atoms with E-state index in [2.05, 4.69) is 4.90 Å². The highest BCUT2D eigenvalue weighted by Gasteiger charge is 2.33. The Labute approximate surface area is 102 Å². The number of aromatic hydroxyl groups is 1. The highest BCUT2D eigenvalue weighted by Crippen LogP contribution is 2.35. The number of benzene rings is 1. The first-order valence-corrected chi connectivity index (χ1v) is 6.51. The number of phenols is 1. The normalized spacial score (nSPS) is 29.9. The van der Waals surface area contributed by atoms with Crippen molar-refractivity contribution in [3.8, 4) is 5.75 Å². The van der Waals surface area contributed by atoms with Gasteiger partial charge in [-0.2, -0.15) is 0 Å². The van der Waals surface area contributed by atoms with Crippen LogP contribution in [-0.4, -0.2) is 29.2 Å². The number of piperidine rings is 1. The van der Waals surface area contributed by atoms with Crippen LogP contribution in [-0.2, 0) is 4.74 Å². The molecule has 0 saturated carbocycles. The van der Waals surface area contributed by atoms with Gasteiger partial charge in [0.25, 0.3) is 0 Å². The smallest absolute Gasteiger partial charge is 0.137 e. The third-order valence-corrected chi connectivity index (χ3v) is 3.88. The summed E-state index contributed by atoms with van der Waals surface area (Å²) in [5, 5.41) is 9.33. The predicted molar refractivity (Wildman–Crippen MR) is 65.8 cm³/mol. The molecular weight excluding hydrogens is 214 g/mol. The number of fused-ring (bicyclic) bond motifs is 1. The molecular formula is C14H19NO2. The summed E-state index contributed by atoms with van der Waals surface area (Å²) in [7, 11) is 0. The Hall–Kier alpha value is -1.06. The van der Waals surface area contributed by atoms with Gasteiger partial charge in [-0.25, -0.2) is 0 Å². The molecule has 2 fully saturated rings. The van der Waals surface area contributed by atoms with E-state index in [1.807, 2.05) is 12.1 Å². The van der Waals surface area contributed by atoms with Crippen molar-refractivity contribution in [2.45, 2.75) is 38.0 Å². The lowest BCUT2D eigenvalue weighted by atomic mass is 9.96. The SMILES string of the molecule is Oc1ccc([C@@H]2OCC[C@@H]3CCCCN32)cc1. The second-order valence-corrected chi connectivity index (χ2v) is 4.99.